The first-order valence-corrected chi connectivity index (χ1v) is 6.60. The van der Waals surface area contributed by atoms with Gasteiger partial charge in [0.05, 0.1) is 0 Å². The van der Waals surface area contributed by atoms with Crippen LogP contribution in [0.3, 0.4) is 0 Å². The van der Waals surface area contributed by atoms with Crippen LogP contribution in [0, 0.1) is 12.7 Å². The molecular formula is C16H12BrFO. The van der Waals surface area contributed by atoms with Crippen molar-refractivity contribution in [2.75, 3.05) is 0 Å². The lowest BCUT2D eigenvalue weighted by Gasteiger charge is -2.01. The van der Waals surface area contributed by atoms with Crippen LogP contribution in [-0.4, -0.2) is 5.78 Å². The third-order valence-electron chi connectivity index (χ3n) is 2.79. The second kappa shape index (κ2) is 5.93. The molecule has 0 aliphatic heterocycles. The highest BCUT2D eigenvalue weighted by Crippen LogP contribution is 2.17. The minimum absolute atomic E-state index is 0.125. The maximum atomic E-state index is 13.6. The van der Waals surface area contributed by atoms with E-state index in [-0.39, 0.29) is 11.6 Å². The molecule has 0 fully saturated rings. The monoisotopic (exact) mass is 318 g/mol. The lowest BCUT2D eigenvalue weighted by molar-refractivity contribution is 0.104. The molecule has 96 valence electrons. The molecule has 0 heterocycles. The van der Waals surface area contributed by atoms with Crippen molar-refractivity contribution in [2.45, 2.75) is 6.92 Å². The summed E-state index contributed by atoms with van der Waals surface area (Å²) in [5.41, 5.74) is 1.94. The van der Waals surface area contributed by atoms with Crippen molar-refractivity contribution in [2.24, 2.45) is 0 Å². The van der Waals surface area contributed by atoms with Crippen molar-refractivity contribution in [1.29, 1.82) is 0 Å². The molecule has 0 bridgehead atoms. The SMILES string of the molecule is Cc1ccccc1C(=O)/C=C/c1ccc(Br)cc1F. The topological polar surface area (TPSA) is 17.1 Å². The van der Waals surface area contributed by atoms with Gasteiger partial charge in [0.2, 0.25) is 0 Å². The van der Waals surface area contributed by atoms with Crippen LogP contribution in [0.5, 0.6) is 0 Å². The third-order valence-corrected chi connectivity index (χ3v) is 3.28. The van der Waals surface area contributed by atoms with Crippen LogP contribution in [0.25, 0.3) is 6.08 Å². The molecule has 0 N–H and O–H groups in total. The van der Waals surface area contributed by atoms with Gasteiger partial charge in [-0.2, -0.15) is 0 Å². The van der Waals surface area contributed by atoms with Gasteiger partial charge in [-0.3, -0.25) is 4.79 Å². The number of ketones is 1. The fourth-order valence-electron chi connectivity index (χ4n) is 1.74. The summed E-state index contributed by atoms with van der Waals surface area (Å²) in [5.74, 6) is -0.483. The van der Waals surface area contributed by atoms with E-state index in [1.807, 2.05) is 25.1 Å². The Hall–Kier alpha value is -1.74. The van der Waals surface area contributed by atoms with Gasteiger partial charge >= 0.3 is 0 Å². The van der Waals surface area contributed by atoms with Crippen LogP contribution in [0.15, 0.2) is 53.0 Å². The molecular weight excluding hydrogens is 307 g/mol. The van der Waals surface area contributed by atoms with Gasteiger partial charge < -0.3 is 0 Å². The van der Waals surface area contributed by atoms with E-state index in [2.05, 4.69) is 15.9 Å². The average Bonchev–Trinajstić information content (AvgIpc) is 2.38. The highest BCUT2D eigenvalue weighted by molar-refractivity contribution is 9.10. The first kappa shape index (κ1) is 13.7. The number of halogens is 2. The molecule has 0 unspecified atom stereocenters. The Labute approximate surface area is 119 Å². The number of carbonyl (C=O) groups is 1. The summed E-state index contributed by atoms with van der Waals surface area (Å²) in [6.07, 6.45) is 2.89. The summed E-state index contributed by atoms with van der Waals surface area (Å²) in [4.78, 5) is 12.0. The zero-order valence-electron chi connectivity index (χ0n) is 10.4. The highest BCUT2D eigenvalue weighted by Gasteiger charge is 2.05. The molecule has 0 saturated heterocycles. The van der Waals surface area contributed by atoms with E-state index in [9.17, 15) is 9.18 Å². The Morgan fingerprint density at radius 2 is 1.95 bits per heavy atom. The van der Waals surface area contributed by atoms with Crippen molar-refractivity contribution in [3.05, 3.63) is 75.5 Å². The van der Waals surface area contributed by atoms with Crippen molar-refractivity contribution in [3.63, 3.8) is 0 Å². The summed E-state index contributed by atoms with van der Waals surface area (Å²) in [6, 6.07) is 12.1. The van der Waals surface area contributed by atoms with E-state index in [1.54, 1.807) is 18.2 Å². The van der Waals surface area contributed by atoms with Crippen LogP contribution in [0.1, 0.15) is 21.5 Å². The number of benzene rings is 2. The van der Waals surface area contributed by atoms with E-state index >= 15 is 0 Å². The quantitative estimate of drug-likeness (QED) is 0.587. The molecule has 1 nitrogen and oxygen atoms in total. The van der Waals surface area contributed by atoms with Gasteiger partial charge in [-0.15, -0.1) is 0 Å². The highest BCUT2D eigenvalue weighted by atomic mass is 79.9. The molecule has 0 aliphatic carbocycles. The Morgan fingerprint density at radius 3 is 2.63 bits per heavy atom. The Morgan fingerprint density at radius 1 is 1.21 bits per heavy atom. The molecule has 0 aliphatic rings. The first-order chi connectivity index (χ1) is 9.08. The zero-order valence-corrected chi connectivity index (χ0v) is 11.9. The summed E-state index contributed by atoms with van der Waals surface area (Å²) in [7, 11) is 0. The summed E-state index contributed by atoms with van der Waals surface area (Å²) >= 11 is 3.19. The largest absolute Gasteiger partial charge is 0.289 e. The normalized spacial score (nSPS) is 10.9. The standard InChI is InChI=1S/C16H12BrFO/c1-11-4-2-3-5-14(11)16(19)9-7-12-6-8-13(17)10-15(12)18/h2-10H,1H3/b9-7+. The van der Waals surface area contributed by atoms with Crippen molar-refractivity contribution in [1.82, 2.24) is 0 Å². The van der Waals surface area contributed by atoms with Gasteiger partial charge in [0.15, 0.2) is 5.78 Å². The fourth-order valence-corrected chi connectivity index (χ4v) is 2.07. The van der Waals surface area contributed by atoms with Gasteiger partial charge in [0, 0.05) is 15.6 Å². The van der Waals surface area contributed by atoms with Crippen molar-refractivity contribution >= 4 is 27.8 Å². The number of rotatable bonds is 3. The molecule has 2 rings (SSSR count). The Bertz CT molecular complexity index is 647. The number of aryl methyl sites for hydroxylation is 1. The minimum Gasteiger partial charge on any atom is -0.289 e. The van der Waals surface area contributed by atoms with Gasteiger partial charge in [0.25, 0.3) is 0 Å². The van der Waals surface area contributed by atoms with Crippen LogP contribution < -0.4 is 0 Å². The van der Waals surface area contributed by atoms with E-state index in [1.165, 1.54) is 18.2 Å². The van der Waals surface area contributed by atoms with Gasteiger partial charge in [-0.25, -0.2) is 4.39 Å². The number of allylic oxidation sites excluding steroid dienone is 1. The molecule has 2 aromatic carbocycles. The number of hydrogen-bond donors (Lipinski definition) is 0. The molecule has 0 atom stereocenters. The summed E-state index contributed by atoms with van der Waals surface area (Å²) < 4.78 is 14.3. The summed E-state index contributed by atoms with van der Waals surface area (Å²) in [6.45, 7) is 1.88. The van der Waals surface area contributed by atoms with Gasteiger partial charge in [0.1, 0.15) is 5.82 Å². The van der Waals surface area contributed by atoms with Crippen LogP contribution in [0.2, 0.25) is 0 Å². The van der Waals surface area contributed by atoms with E-state index in [0.717, 1.165) is 5.56 Å². The third kappa shape index (κ3) is 3.38. The summed E-state index contributed by atoms with van der Waals surface area (Å²) in [5, 5.41) is 0. The maximum Gasteiger partial charge on any atom is 0.186 e. The fraction of sp³-hybridized carbons (Fsp3) is 0.0625. The second-order valence-corrected chi connectivity index (χ2v) is 5.09. The Kier molecular flexibility index (Phi) is 4.27. The van der Waals surface area contributed by atoms with E-state index in [4.69, 9.17) is 0 Å². The minimum atomic E-state index is -0.358. The number of carbonyl (C=O) groups excluding carboxylic acids is 1. The van der Waals surface area contributed by atoms with E-state index in [0.29, 0.717) is 15.6 Å². The van der Waals surface area contributed by atoms with Crippen LogP contribution >= 0.6 is 15.9 Å². The molecule has 3 heteroatoms. The van der Waals surface area contributed by atoms with Gasteiger partial charge in [-0.1, -0.05) is 46.3 Å². The molecule has 0 radical (unpaired) electrons. The first-order valence-electron chi connectivity index (χ1n) is 5.81. The molecule has 19 heavy (non-hydrogen) atoms. The van der Waals surface area contributed by atoms with Gasteiger partial charge in [-0.05, 0) is 36.8 Å². The number of hydrogen-bond acceptors (Lipinski definition) is 1. The lowest BCUT2D eigenvalue weighted by atomic mass is 10.0. The molecule has 2 aromatic rings. The molecule has 0 amide bonds. The smallest absolute Gasteiger partial charge is 0.186 e. The predicted molar refractivity (Wildman–Crippen MR) is 78.6 cm³/mol. The Balaban J connectivity index is 2.24. The maximum absolute atomic E-state index is 13.6. The van der Waals surface area contributed by atoms with Crippen molar-refractivity contribution in [3.8, 4) is 0 Å². The van der Waals surface area contributed by atoms with Crippen LogP contribution in [0.4, 0.5) is 4.39 Å². The predicted octanol–water partition coefficient (Wildman–Crippen LogP) is 4.79. The van der Waals surface area contributed by atoms with E-state index < -0.39 is 0 Å². The zero-order chi connectivity index (χ0) is 13.8. The average molecular weight is 319 g/mol. The lowest BCUT2D eigenvalue weighted by Crippen LogP contribution is -1.97. The molecule has 0 spiro atoms. The second-order valence-electron chi connectivity index (χ2n) is 4.18. The molecule has 0 aromatic heterocycles. The van der Waals surface area contributed by atoms with Crippen LogP contribution in [-0.2, 0) is 0 Å². The molecule has 0 saturated carbocycles. The van der Waals surface area contributed by atoms with Crippen molar-refractivity contribution < 1.29 is 9.18 Å².